The van der Waals surface area contributed by atoms with Gasteiger partial charge in [0.15, 0.2) is 0 Å². The average molecular weight is 560 g/mol. The number of ether oxygens (including phenoxy) is 2. The lowest BCUT2D eigenvalue weighted by atomic mass is 10.0. The number of halogens is 1. The number of hydrogen-bond acceptors (Lipinski definition) is 5. The second-order valence-corrected chi connectivity index (χ2v) is 10.2. The summed E-state index contributed by atoms with van der Waals surface area (Å²) in [5.74, 6) is 1.69. The summed E-state index contributed by atoms with van der Waals surface area (Å²) in [5, 5.41) is 0.860. The van der Waals surface area contributed by atoms with Gasteiger partial charge in [-0.15, -0.1) is 0 Å². The van der Waals surface area contributed by atoms with Gasteiger partial charge in [0, 0.05) is 53.7 Å². The molecule has 0 spiro atoms. The highest BCUT2D eigenvalue weighted by Crippen LogP contribution is 2.29. The van der Waals surface area contributed by atoms with Crippen molar-refractivity contribution in [2.75, 3.05) is 40.4 Å². The number of piperazine rings is 1. The Morgan fingerprint density at radius 1 is 0.919 bits per heavy atom. The van der Waals surface area contributed by atoms with E-state index >= 15 is 0 Å². The van der Waals surface area contributed by atoms with E-state index in [0.29, 0.717) is 18.7 Å². The molecule has 3 aromatic carbocycles. The monoisotopic (exact) mass is 559 g/mol. The van der Waals surface area contributed by atoms with Crippen LogP contribution in [-0.4, -0.2) is 61.1 Å². The van der Waals surface area contributed by atoms with Crippen molar-refractivity contribution in [1.29, 1.82) is 0 Å². The summed E-state index contributed by atoms with van der Waals surface area (Å²) in [6.07, 6.45) is 0. The van der Waals surface area contributed by atoms with Crippen molar-refractivity contribution in [3.63, 3.8) is 0 Å². The molecule has 0 saturated carbocycles. The largest absolute Gasteiger partial charge is 0.497 e. The van der Waals surface area contributed by atoms with E-state index in [-0.39, 0.29) is 5.91 Å². The van der Waals surface area contributed by atoms with Crippen molar-refractivity contribution in [3.8, 4) is 22.8 Å². The lowest BCUT2D eigenvalue weighted by Gasteiger charge is -2.35. The number of aromatic nitrogens is 1. The maximum Gasteiger partial charge on any atom is 0.254 e. The molecule has 1 aliphatic rings. The molecular formula is C30H30BrN3O3. The normalized spacial score (nSPS) is 14.1. The Balaban J connectivity index is 1.38. The molecule has 4 aromatic rings. The highest BCUT2D eigenvalue weighted by molar-refractivity contribution is 9.10. The Labute approximate surface area is 226 Å². The maximum atomic E-state index is 13.8. The van der Waals surface area contributed by atoms with Crippen molar-refractivity contribution in [3.05, 3.63) is 87.9 Å². The van der Waals surface area contributed by atoms with Crippen LogP contribution in [0.2, 0.25) is 0 Å². The number of benzene rings is 3. The molecule has 1 fully saturated rings. The number of amides is 1. The topological polar surface area (TPSA) is 54.9 Å². The van der Waals surface area contributed by atoms with Gasteiger partial charge in [0.05, 0.1) is 31.0 Å². The van der Waals surface area contributed by atoms with Crippen LogP contribution in [0.4, 0.5) is 0 Å². The first-order valence-electron chi connectivity index (χ1n) is 12.3. The Bertz CT molecular complexity index is 1430. The molecule has 5 rings (SSSR count). The smallest absolute Gasteiger partial charge is 0.254 e. The standard InChI is InChI=1S/C30H30BrN3O3/c1-20-4-6-21(7-5-20)28-18-26(25-17-23(31)8-10-27(25)32-28)30(35)34-14-12-33(13-15-34)19-22-16-24(36-2)9-11-29(22)37-3/h4-11,16-18H,12-15,19H2,1-3H3. The van der Waals surface area contributed by atoms with Crippen LogP contribution in [0.5, 0.6) is 11.5 Å². The third-order valence-electron chi connectivity index (χ3n) is 6.89. The van der Waals surface area contributed by atoms with Crippen molar-refractivity contribution >= 4 is 32.7 Å². The first-order valence-corrected chi connectivity index (χ1v) is 13.1. The minimum Gasteiger partial charge on any atom is -0.497 e. The summed E-state index contributed by atoms with van der Waals surface area (Å²) in [4.78, 5) is 23.0. The van der Waals surface area contributed by atoms with Gasteiger partial charge < -0.3 is 14.4 Å². The van der Waals surface area contributed by atoms with E-state index in [2.05, 4.69) is 52.0 Å². The predicted octanol–water partition coefficient (Wildman–Crippen LogP) is 5.95. The molecule has 0 N–H and O–H groups in total. The number of hydrogen-bond donors (Lipinski definition) is 0. The average Bonchev–Trinajstić information content (AvgIpc) is 2.93. The van der Waals surface area contributed by atoms with Gasteiger partial charge in [-0.2, -0.15) is 0 Å². The highest BCUT2D eigenvalue weighted by Gasteiger charge is 2.25. The van der Waals surface area contributed by atoms with Gasteiger partial charge >= 0.3 is 0 Å². The summed E-state index contributed by atoms with van der Waals surface area (Å²) in [7, 11) is 3.35. The third-order valence-corrected chi connectivity index (χ3v) is 7.38. The molecule has 2 heterocycles. The van der Waals surface area contributed by atoms with Crippen LogP contribution in [0.25, 0.3) is 22.2 Å². The molecule has 1 amide bonds. The van der Waals surface area contributed by atoms with E-state index in [1.54, 1.807) is 14.2 Å². The molecule has 0 atom stereocenters. The fourth-order valence-electron chi connectivity index (χ4n) is 4.77. The number of carbonyl (C=O) groups is 1. The lowest BCUT2D eigenvalue weighted by molar-refractivity contribution is 0.0629. The lowest BCUT2D eigenvalue weighted by Crippen LogP contribution is -2.48. The second kappa shape index (κ2) is 10.9. The summed E-state index contributed by atoms with van der Waals surface area (Å²) >= 11 is 3.57. The summed E-state index contributed by atoms with van der Waals surface area (Å²) in [6.45, 7) is 5.68. The number of methoxy groups -OCH3 is 2. The van der Waals surface area contributed by atoms with E-state index in [1.807, 2.05) is 47.4 Å². The van der Waals surface area contributed by atoms with E-state index in [9.17, 15) is 4.79 Å². The number of pyridine rings is 1. The molecule has 7 heteroatoms. The predicted molar refractivity (Wildman–Crippen MR) is 150 cm³/mol. The van der Waals surface area contributed by atoms with E-state index < -0.39 is 0 Å². The molecule has 0 radical (unpaired) electrons. The summed E-state index contributed by atoms with van der Waals surface area (Å²) in [6, 6.07) is 22.0. The van der Waals surface area contributed by atoms with Crippen LogP contribution >= 0.6 is 15.9 Å². The second-order valence-electron chi connectivity index (χ2n) is 9.33. The van der Waals surface area contributed by atoms with Crippen LogP contribution in [-0.2, 0) is 6.54 Å². The number of fused-ring (bicyclic) bond motifs is 1. The van der Waals surface area contributed by atoms with Gasteiger partial charge in [0.2, 0.25) is 0 Å². The van der Waals surface area contributed by atoms with E-state index in [0.717, 1.165) is 63.3 Å². The van der Waals surface area contributed by atoms with Crippen molar-refractivity contribution in [2.45, 2.75) is 13.5 Å². The van der Waals surface area contributed by atoms with Crippen LogP contribution in [0.3, 0.4) is 0 Å². The van der Waals surface area contributed by atoms with Crippen molar-refractivity contribution < 1.29 is 14.3 Å². The van der Waals surface area contributed by atoms with Crippen LogP contribution in [0.1, 0.15) is 21.5 Å². The zero-order valence-corrected chi connectivity index (χ0v) is 22.9. The Morgan fingerprint density at radius 2 is 1.68 bits per heavy atom. The quantitative estimate of drug-likeness (QED) is 0.292. The molecule has 37 heavy (non-hydrogen) atoms. The number of rotatable bonds is 6. The Morgan fingerprint density at radius 3 is 2.38 bits per heavy atom. The highest BCUT2D eigenvalue weighted by atomic mass is 79.9. The van der Waals surface area contributed by atoms with Gasteiger partial charge in [0.25, 0.3) is 5.91 Å². The first kappa shape index (κ1) is 25.2. The van der Waals surface area contributed by atoms with E-state index in [1.165, 1.54) is 5.56 Å². The minimum atomic E-state index is 0.0393. The van der Waals surface area contributed by atoms with Crippen LogP contribution in [0.15, 0.2) is 71.2 Å². The molecule has 1 aromatic heterocycles. The zero-order valence-electron chi connectivity index (χ0n) is 21.3. The van der Waals surface area contributed by atoms with Gasteiger partial charge in [-0.1, -0.05) is 45.8 Å². The fraction of sp³-hybridized carbons (Fsp3) is 0.267. The number of nitrogens with zero attached hydrogens (tertiary/aromatic N) is 3. The summed E-state index contributed by atoms with van der Waals surface area (Å²) in [5.41, 5.74) is 5.57. The molecule has 0 aliphatic carbocycles. The molecule has 1 aliphatic heterocycles. The molecule has 190 valence electrons. The zero-order chi connectivity index (χ0) is 25.9. The number of carbonyl (C=O) groups excluding carboxylic acids is 1. The van der Waals surface area contributed by atoms with E-state index in [4.69, 9.17) is 14.5 Å². The van der Waals surface area contributed by atoms with Gasteiger partial charge in [0.1, 0.15) is 11.5 Å². The van der Waals surface area contributed by atoms with Crippen LogP contribution < -0.4 is 9.47 Å². The SMILES string of the molecule is COc1ccc(OC)c(CN2CCN(C(=O)c3cc(-c4ccc(C)cc4)nc4ccc(Br)cc34)CC2)c1. The van der Waals surface area contributed by atoms with Gasteiger partial charge in [-0.25, -0.2) is 4.98 Å². The number of aryl methyl sites for hydroxylation is 1. The van der Waals surface area contributed by atoms with Gasteiger partial charge in [-0.3, -0.25) is 9.69 Å². The third kappa shape index (κ3) is 5.48. The first-order chi connectivity index (χ1) is 17.9. The molecule has 6 nitrogen and oxygen atoms in total. The van der Waals surface area contributed by atoms with Gasteiger partial charge in [-0.05, 0) is 49.4 Å². The maximum absolute atomic E-state index is 13.8. The van der Waals surface area contributed by atoms with Crippen molar-refractivity contribution in [1.82, 2.24) is 14.8 Å². The molecule has 0 unspecified atom stereocenters. The Hall–Kier alpha value is -3.42. The molecule has 1 saturated heterocycles. The van der Waals surface area contributed by atoms with Crippen molar-refractivity contribution in [2.24, 2.45) is 0 Å². The molecular weight excluding hydrogens is 530 g/mol. The minimum absolute atomic E-state index is 0.0393. The van der Waals surface area contributed by atoms with Crippen LogP contribution in [0, 0.1) is 6.92 Å². The summed E-state index contributed by atoms with van der Waals surface area (Å²) < 4.78 is 11.9. The Kier molecular flexibility index (Phi) is 7.44. The fourth-order valence-corrected chi connectivity index (χ4v) is 5.13. The molecule has 0 bridgehead atoms.